The molecule has 3 nitrogen and oxygen atoms in total. The molecule has 0 radical (unpaired) electrons. The Morgan fingerprint density at radius 3 is 2.60 bits per heavy atom. The summed E-state index contributed by atoms with van der Waals surface area (Å²) in [5.74, 6) is -0.277. The van der Waals surface area contributed by atoms with Crippen LogP contribution in [-0.2, 0) is 0 Å². The molecule has 4 heteroatoms. The maximum absolute atomic E-state index is 9.52. The quantitative estimate of drug-likeness (QED) is 0.551. The summed E-state index contributed by atoms with van der Waals surface area (Å²) >= 11 is 0. The Balaban J connectivity index is 0.00000196. The number of nitrogens with two attached hydrogens (primary N) is 1. The van der Waals surface area contributed by atoms with Crippen molar-refractivity contribution in [3.8, 4) is 11.5 Å². The van der Waals surface area contributed by atoms with E-state index in [1.54, 1.807) is 12.1 Å². The first-order valence-electron chi connectivity index (χ1n) is 4.43. The zero-order valence-corrected chi connectivity index (χ0v) is 9.42. The Kier molecular flexibility index (Phi) is 5.19. The number of aromatic hydroxyl groups is 2. The summed E-state index contributed by atoms with van der Waals surface area (Å²) in [5.41, 5.74) is 7.33. The van der Waals surface area contributed by atoms with Gasteiger partial charge in [0.25, 0.3) is 0 Å². The maximum atomic E-state index is 9.52. The summed E-state index contributed by atoms with van der Waals surface area (Å²) in [6.07, 6.45) is 0.594. The summed E-state index contributed by atoms with van der Waals surface area (Å²) in [4.78, 5) is 0. The average molecular weight is 230 g/mol. The van der Waals surface area contributed by atoms with E-state index < -0.39 is 0 Å². The molecule has 84 valence electrons. The number of halogens is 1. The first-order valence-corrected chi connectivity index (χ1v) is 4.43. The molecule has 4 N–H and O–H groups in total. The van der Waals surface area contributed by atoms with Crippen LogP contribution in [0.15, 0.2) is 30.4 Å². The molecule has 1 atom stereocenters. The zero-order chi connectivity index (χ0) is 10.7. The van der Waals surface area contributed by atoms with E-state index >= 15 is 0 Å². The van der Waals surface area contributed by atoms with Crippen LogP contribution in [0, 0.1) is 0 Å². The predicted octanol–water partition coefficient (Wildman–Crippen LogP) is 2.49. The lowest BCUT2D eigenvalue weighted by atomic mass is 10.00. The molecule has 0 spiro atoms. The molecule has 0 aliphatic carbocycles. The smallest absolute Gasteiger partial charge is 0.162 e. The molecule has 0 aliphatic rings. The zero-order valence-electron chi connectivity index (χ0n) is 8.60. The third kappa shape index (κ3) is 3.46. The largest absolute Gasteiger partial charge is 0.504 e. The number of phenolic OH excluding ortho intramolecular Hbond substituents is 2. The van der Waals surface area contributed by atoms with E-state index in [0.717, 1.165) is 5.57 Å². The van der Waals surface area contributed by atoms with Crippen LogP contribution in [0.1, 0.15) is 24.9 Å². The van der Waals surface area contributed by atoms with Crippen LogP contribution in [-0.4, -0.2) is 10.2 Å². The fourth-order valence-electron chi connectivity index (χ4n) is 1.33. The Bertz CT molecular complexity index is 352. The molecule has 1 rings (SSSR count). The SMILES string of the molecule is C=C(C)C[C@@H](N)c1cccc(O)c1O.Cl. The minimum Gasteiger partial charge on any atom is -0.504 e. The third-order valence-electron chi connectivity index (χ3n) is 2.01. The lowest BCUT2D eigenvalue weighted by Gasteiger charge is -2.13. The van der Waals surface area contributed by atoms with Crippen LogP contribution in [0.25, 0.3) is 0 Å². The molecule has 0 aromatic heterocycles. The van der Waals surface area contributed by atoms with Crippen LogP contribution in [0.3, 0.4) is 0 Å². The highest BCUT2D eigenvalue weighted by Gasteiger charge is 2.13. The van der Waals surface area contributed by atoms with E-state index in [0.29, 0.717) is 12.0 Å². The van der Waals surface area contributed by atoms with E-state index in [-0.39, 0.29) is 29.9 Å². The van der Waals surface area contributed by atoms with Crippen LogP contribution in [0.4, 0.5) is 0 Å². The average Bonchev–Trinajstić information content (AvgIpc) is 2.08. The van der Waals surface area contributed by atoms with Crippen molar-refractivity contribution in [3.05, 3.63) is 35.9 Å². The van der Waals surface area contributed by atoms with Gasteiger partial charge in [0.05, 0.1) is 0 Å². The number of hydrogen-bond donors (Lipinski definition) is 3. The summed E-state index contributed by atoms with van der Waals surface area (Å²) in [5, 5.41) is 18.8. The van der Waals surface area contributed by atoms with Crippen LogP contribution >= 0.6 is 12.4 Å². The summed E-state index contributed by atoms with van der Waals surface area (Å²) in [7, 11) is 0. The Morgan fingerprint density at radius 2 is 2.07 bits per heavy atom. The molecule has 0 aliphatic heterocycles. The van der Waals surface area contributed by atoms with E-state index in [1.807, 2.05) is 6.92 Å². The van der Waals surface area contributed by atoms with Crippen LogP contribution in [0.5, 0.6) is 11.5 Å². The molecule has 0 bridgehead atoms. The van der Waals surface area contributed by atoms with Gasteiger partial charge in [-0.1, -0.05) is 17.7 Å². The number of hydrogen-bond acceptors (Lipinski definition) is 3. The molecule has 1 aromatic rings. The summed E-state index contributed by atoms with van der Waals surface area (Å²) in [6, 6.07) is 4.46. The molecule has 0 unspecified atom stereocenters. The van der Waals surface area contributed by atoms with Crippen LogP contribution in [0.2, 0.25) is 0 Å². The summed E-state index contributed by atoms with van der Waals surface area (Å²) in [6.45, 7) is 5.62. The van der Waals surface area contributed by atoms with Crippen LogP contribution < -0.4 is 5.73 Å². The predicted molar refractivity (Wildman–Crippen MR) is 63.4 cm³/mol. The molecule has 0 saturated carbocycles. The Morgan fingerprint density at radius 1 is 1.47 bits per heavy atom. The van der Waals surface area contributed by atoms with Gasteiger partial charge in [-0.05, 0) is 19.4 Å². The van der Waals surface area contributed by atoms with Crippen molar-refractivity contribution in [2.24, 2.45) is 5.73 Å². The third-order valence-corrected chi connectivity index (χ3v) is 2.01. The van der Waals surface area contributed by atoms with Gasteiger partial charge >= 0.3 is 0 Å². The highest BCUT2D eigenvalue weighted by atomic mass is 35.5. The first kappa shape index (κ1) is 13.8. The minimum atomic E-state index is -0.320. The summed E-state index contributed by atoms with van der Waals surface area (Å²) < 4.78 is 0. The highest BCUT2D eigenvalue weighted by Crippen LogP contribution is 2.33. The molecule has 0 heterocycles. The van der Waals surface area contributed by atoms with Crippen molar-refractivity contribution in [2.45, 2.75) is 19.4 Å². The molecule has 0 fully saturated rings. The number of rotatable bonds is 3. The van der Waals surface area contributed by atoms with Gasteiger partial charge in [0.15, 0.2) is 11.5 Å². The molecular formula is C11H16ClNO2. The number of benzene rings is 1. The first-order chi connectivity index (χ1) is 6.52. The van der Waals surface area contributed by atoms with Crippen molar-refractivity contribution in [3.63, 3.8) is 0 Å². The second-order valence-corrected chi connectivity index (χ2v) is 3.48. The van der Waals surface area contributed by atoms with E-state index in [4.69, 9.17) is 5.73 Å². The maximum Gasteiger partial charge on any atom is 0.162 e. The van der Waals surface area contributed by atoms with Crippen molar-refractivity contribution in [2.75, 3.05) is 0 Å². The van der Waals surface area contributed by atoms with Crippen molar-refractivity contribution >= 4 is 12.4 Å². The fraction of sp³-hybridized carbons (Fsp3) is 0.273. The topological polar surface area (TPSA) is 66.5 Å². The van der Waals surface area contributed by atoms with Gasteiger partial charge < -0.3 is 15.9 Å². The molecule has 1 aromatic carbocycles. The van der Waals surface area contributed by atoms with Crippen molar-refractivity contribution < 1.29 is 10.2 Å². The van der Waals surface area contributed by atoms with Gasteiger partial charge in [0.2, 0.25) is 0 Å². The normalized spacial score (nSPS) is 11.6. The molecule has 0 amide bonds. The van der Waals surface area contributed by atoms with Crippen molar-refractivity contribution in [1.29, 1.82) is 0 Å². The second-order valence-electron chi connectivity index (χ2n) is 3.48. The Hall–Kier alpha value is -1.19. The standard InChI is InChI=1S/C11H15NO2.ClH/c1-7(2)6-9(12)8-4-3-5-10(13)11(8)14;/h3-5,9,13-14H,1,6,12H2,2H3;1H/t9-;/m1./s1. The van der Waals surface area contributed by atoms with Gasteiger partial charge in [-0.15, -0.1) is 19.0 Å². The van der Waals surface area contributed by atoms with Gasteiger partial charge in [-0.2, -0.15) is 0 Å². The minimum absolute atomic E-state index is 0. The second kappa shape index (κ2) is 5.63. The lowest BCUT2D eigenvalue weighted by Crippen LogP contribution is -2.10. The Labute approximate surface area is 95.6 Å². The number of para-hydroxylation sites is 1. The highest BCUT2D eigenvalue weighted by molar-refractivity contribution is 5.85. The van der Waals surface area contributed by atoms with E-state index in [1.165, 1.54) is 6.07 Å². The fourth-order valence-corrected chi connectivity index (χ4v) is 1.33. The van der Waals surface area contributed by atoms with Gasteiger partial charge in [-0.3, -0.25) is 0 Å². The van der Waals surface area contributed by atoms with Gasteiger partial charge in [0.1, 0.15) is 0 Å². The van der Waals surface area contributed by atoms with Crippen molar-refractivity contribution in [1.82, 2.24) is 0 Å². The molecule has 0 saturated heterocycles. The van der Waals surface area contributed by atoms with Gasteiger partial charge in [-0.25, -0.2) is 0 Å². The molecule has 15 heavy (non-hydrogen) atoms. The number of phenols is 2. The van der Waals surface area contributed by atoms with E-state index in [2.05, 4.69) is 6.58 Å². The molecular weight excluding hydrogens is 214 g/mol. The lowest BCUT2D eigenvalue weighted by molar-refractivity contribution is 0.396. The van der Waals surface area contributed by atoms with Gasteiger partial charge in [0, 0.05) is 11.6 Å². The van der Waals surface area contributed by atoms with E-state index in [9.17, 15) is 10.2 Å². The monoisotopic (exact) mass is 229 g/mol.